The third-order valence-electron chi connectivity index (χ3n) is 2.70. The van der Waals surface area contributed by atoms with Crippen molar-refractivity contribution in [3.05, 3.63) is 35.6 Å². The average molecular weight is 298 g/mol. The van der Waals surface area contributed by atoms with Crippen molar-refractivity contribution in [3.8, 4) is 0 Å². The summed E-state index contributed by atoms with van der Waals surface area (Å²) >= 11 is 0. The first kappa shape index (κ1) is 17.1. The predicted molar refractivity (Wildman–Crippen MR) is 73.9 cm³/mol. The van der Waals surface area contributed by atoms with Gasteiger partial charge in [-0.05, 0) is 17.7 Å². The van der Waals surface area contributed by atoms with Crippen LogP contribution in [0.15, 0.2) is 24.3 Å². The lowest BCUT2D eigenvalue weighted by Crippen LogP contribution is -2.47. The number of benzene rings is 1. The highest BCUT2D eigenvalue weighted by atomic mass is 19.1. The van der Waals surface area contributed by atoms with Crippen LogP contribution in [0.4, 0.5) is 4.39 Å². The van der Waals surface area contributed by atoms with Gasteiger partial charge in [0.05, 0.1) is 13.2 Å². The van der Waals surface area contributed by atoms with Gasteiger partial charge in [-0.1, -0.05) is 12.1 Å². The third-order valence-corrected chi connectivity index (χ3v) is 2.70. The zero-order valence-electron chi connectivity index (χ0n) is 11.8. The van der Waals surface area contributed by atoms with Crippen LogP contribution in [0.2, 0.25) is 0 Å². The minimum absolute atomic E-state index is 0.184. The molecule has 2 amide bonds. The van der Waals surface area contributed by atoms with Crippen LogP contribution in [0, 0.1) is 5.82 Å². The number of primary amides is 1. The first-order valence-electron chi connectivity index (χ1n) is 6.42. The highest BCUT2D eigenvalue weighted by Crippen LogP contribution is 2.06. The molecule has 0 aromatic heterocycles. The minimum Gasteiger partial charge on any atom is -0.382 e. The fourth-order valence-electron chi connectivity index (χ4n) is 1.62. The van der Waals surface area contributed by atoms with E-state index in [1.165, 1.54) is 31.4 Å². The number of methoxy groups -OCH3 is 1. The van der Waals surface area contributed by atoms with Crippen molar-refractivity contribution in [3.63, 3.8) is 0 Å². The second-order valence-corrected chi connectivity index (χ2v) is 4.40. The van der Waals surface area contributed by atoms with Crippen molar-refractivity contribution in [1.82, 2.24) is 5.32 Å². The van der Waals surface area contributed by atoms with Crippen LogP contribution in [-0.4, -0.2) is 44.8 Å². The SMILES string of the molecule is COCCOCC(=O)N[C@@H](Cc1ccc(F)cc1)C(N)=O. The summed E-state index contributed by atoms with van der Waals surface area (Å²) < 4.78 is 22.6. The quantitative estimate of drug-likeness (QED) is 0.628. The minimum atomic E-state index is -0.867. The number of hydrogen-bond acceptors (Lipinski definition) is 4. The van der Waals surface area contributed by atoms with Crippen LogP contribution in [-0.2, 0) is 25.5 Å². The standard InChI is InChI=1S/C14H19FN2O4/c1-20-6-7-21-9-13(18)17-12(14(16)19)8-10-2-4-11(15)5-3-10/h2-5,12H,6-9H2,1H3,(H2,16,19)(H,17,18)/t12-/m0/s1. The molecule has 0 saturated carbocycles. The van der Waals surface area contributed by atoms with Gasteiger partial charge in [-0.3, -0.25) is 9.59 Å². The smallest absolute Gasteiger partial charge is 0.246 e. The number of amides is 2. The van der Waals surface area contributed by atoms with Gasteiger partial charge in [-0.25, -0.2) is 4.39 Å². The highest BCUT2D eigenvalue weighted by Gasteiger charge is 2.18. The van der Waals surface area contributed by atoms with Gasteiger partial charge in [0.2, 0.25) is 11.8 Å². The van der Waals surface area contributed by atoms with Crippen molar-refractivity contribution in [1.29, 1.82) is 0 Å². The van der Waals surface area contributed by atoms with Crippen molar-refractivity contribution in [2.45, 2.75) is 12.5 Å². The molecular weight excluding hydrogens is 279 g/mol. The topological polar surface area (TPSA) is 90.7 Å². The van der Waals surface area contributed by atoms with Gasteiger partial charge in [-0.2, -0.15) is 0 Å². The Morgan fingerprint density at radius 2 is 1.95 bits per heavy atom. The summed E-state index contributed by atoms with van der Waals surface area (Å²) in [6.45, 7) is 0.474. The monoisotopic (exact) mass is 298 g/mol. The van der Waals surface area contributed by atoms with Crippen LogP contribution in [0.1, 0.15) is 5.56 Å². The maximum Gasteiger partial charge on any atom is 0.246 e. The Balaban J connectivity index is 2.48. The molecule has 1 rings (SSSR count). The zero-order chi connectivity index (χ0) is 15.7. The molecule has 0 spiro atoms. The van der Waals surface area contributed by atoms with E-state index in [0.29, 0.717) is 12.2 Å². The summed E-state index contributed by atoms with van der Waals surface area (Å²) in [6.07, 6.45) is 0.194. The van der Waals surface area contributed by atoms with Crippen molar-refractivity contribution >= 4 is 11.8 Å². The molecule has 116 valence electrons. The highest BCUT2D eigenvalue weighted by molar-refractivity contribution is 5.87. The fourth-order valence-corrected chi connectivity index (χ4v) is 1.62. The van der Waals surface area contributed by atoms with Crippen molar-refractivity contribution in [2.75, 3.05) is 26.9 Å². The Labute approximate surface area is 122 Å². The lowest BCUT2D eigenvalue weighted by molar-refractivity contribution is -0.130. The molecule has 0 aliphatic rings. The number of rotatable bonds is 9. The molecule has 0 fully saturated rings. The lowest BCUT2D eigenvalue weighted by atomic mass is 10.1. The molecular formula is C14H19FN2O4. The summed E-state index contributed by atoms with van der Waals surface area (Å²) in [7, 11) is 1.52. The largest absolute Gasteiger partial charge is 0.382 e. The first-order valence-corrected chi connectivity index (χ1v) is 6.42. The molecule has 0 saturated heterocycles. The van der Waals surface area contributed by atoms with Crippen LogP contribution >= 0.6 is 0 Å². The van der Waals surface area contributed by atoms with Crippen LogP contribution < -0.4 is 11.1 Å². The summed E-state index contributed by atoms with van der Waals surface area (Å²) in [5, 5.41) is 2.48. The number of carbonyl (C=O) groups is 2. The molecule has 0 unspecified atom stereocenters. The molecule has 6 nitrogen and oxygen atoms in total. The zero-order valence-corrected chi connectivity index (χ0v) is 11.8. The van der Waals surface area contributed by atoms with E-state index in [2.05, 4.69) is 5.32 Å². The van der Waals surface area contributed by atoms with Crippen LogP contribution in [0.25, 0.3) is 0 Å². The van der Waals surface area contributed by atoms with E-state index >= 15 is 0 Å². The van der Waals surface area contributed by atoms with Crippen molar-refractivity contribution in [2.24, 2.45) is 5.73 Å². The Bertz CT molecular complexity index is 465. The number of hydrogen-bond donors (Lipinski definition) is 2. The van der Waals surface area contributed by atoms with E-state index in [1.807, 2.05) is 0 Å². The van der Waals surface area contributed by atoms with Gasteiger partial charge in [0.25, 0.3) is 0 Å². The van der Waals surface area contributed by atoms with E-state index in [0.717, 1.165) is 0 Å². The Morgan fingerprint density at radius 1 is 1.29 bits per heavy atom. The second-order valence-electron chi connectivity index (χ2n) is 4.40. The van der Waals surface area contributed by atoms with E-state index in [-0.39, 0.29) is 25.5 Å². The molecule has 0 aliphatic heterocycles. The van der Waals surface area contributed by atoms with Gasteiger partial charge >= 0.3 is 0 Å². The van der Waals surface area contributed by atoms with E-state index in [4.69, 9.17) is 15.2 Å². The van der Waals surface area contributed by atoms with Gasteiger partial charge in [0, 0.05) is 13.5 Å². The molecule has 21 heavy (non-hydrogen) atoms. The number of carbonyl (C=O) groups excluding carboxylic acids is 2. The van der Waals surface area contributed by atoms with Crippen LogP contribution in [0.5, 0.6) is 0 Å². The molecule has 1 atom stereocenters. The van der Waals surface area contributed by atoms with E-state index in [1.54, 1.807) is 0 Å². The van der Waals surface area contributed by atoms with Gasteiger partial charge in [0.15, 0.2) is 0 Å². The molecule has 0 radical (unpaired) electrons. The van der Waals surface area contributed by atoms with Gasteiger partial charge < -0.3 is 20.5 Å². The lowest BCUT2D eigenvalue weighted by Gasteiger charge is -2.15. The third kappa shape index (κ3) is 6.82. The normalized spacial score (nSPS) is 11.9. The van der Waals surface area contributed by atoms with Crippen LogP contribution in [0.3, 0.4) is 0 Å². The fraction of sp³-hybridized carbons (Fsp3) is 0.429. The summed E-state index contributed by atoms with van der Waals surface area (Å²) in [6, 6.07) is 4.76. The maximum absolute atomic E-state index is 12.8. The summed E-state index contributed by atoms with van der Waals surface area (Å²) in [4.78, 5) is 23.0. The number of ether oxygens (including phenoxy) is 2. The van der Waals surface area contributed by atoms with Gasteiger partial charge in [-0.15, -0.1) is 0 Å². The molecule has 0 heterocycles. The Hall–Kier alpha value is -1.99. The molecule has 1 aromatic rings. The number of nitrogens with one attached hydrogen (secondary N) is 1. The maximum atomic E-state index is 12.8. The number of nitrogens with two attached hydrogens (primary N) is 1. The second kappa shape index (κ2) is 9.04. The molecule has 0 bridgehead atoms. The Kier molecular flexibility index (Phi) is 7.34. The summed E-state index contributed by atoms with van der Waals surface area (Å²) in [5.41, 5.74) is 5.95. The first-order chi connectivity index (χ1) is 10.0. The Morgan fingerprint density at radius 3 is 2.52 bits per heavy atom. The molecule has 3 N–H and O–H groups in total. The average Bonchev–Trinajstić information content (AvgIpc) is 2.45. The predicted octanol–water partition coefficient (Wildman–Crippen LogP) is 0.00130. The van der Waals surface area contributed by atoms with E-state index < -0.39 is 17.9 Å². The van der Waals surface area contributed by atoms with E-state index in [9.17, 15) is 14.0 Å². The molecule has 1 aromatic carbocycles. The molecule has 0 aliphatic carbocycles. The molecule has 7 heteroatoms. The number of halogens is 1. The van der Waals surface area contributed by atoms with Gasteiger partial charge in [0.1, 0.15) is 18.5 Å². The summed E-state index contributed by atoms with van der Waals surface area (Å²) in [5.74, 6) is -1.48. The van der Waals surface area contributed by atoms with Crippen molar-refractivity contribution < 1.29 is 23.5 Å².